The first-order valence-electron chi connectivity index (χ1n) is 5.92. The second-order valence-electron chi connectivity index (χ2n) is 4.62. The molecule has 0 saturated carbocycles. The third-order valence-corrected chi connectivity index (χ3v) is 3.42. The molecule has 2 unspecified atom stereocenters. The predicted molar refractivity (Wildman–Crippen MR) is 60.5 cm³/mol. The average Bonchev–Trinajstić information content (AvgIpc) is 2.58. The van der Waals surface area contributed by atoms with E-state index < -0.39 is 0 Å². The molecular formula is C12H20N2O. The summed E-state index contributed by atoms with van der Waals surface area (Å²) >= 11 is 0. The summed E-state index contributed by atoms with van der Waals surface area (Å²) in [5, 5.41) is 3.51. The molecule has 0 aromatic heterocycles. The number of piperidine rings is 1. The zero-order valence-corrected chi connectivity index (χ0v) is 9.41. The van der Waals surface area contributed by atoms with E-state index in [1.807, 2.05) is 24.0 Å². The van der Waals surface area contributed by atoms with Gasteiger partial charge < -0.3 is 10.2 Å². The number of rotatable bonds is 2. The Morgan fingerprint density at radius 3 is 3.00 bits per heavy atom. The molecule has 3 aliphatic rings. The summed E-state index contributed by atoms with van der Waals surface area (Å²) in [4.78, 5) is 13.9. The minimum absolute atomic E-state index is 0.286. The van der Waals surface area contributed by atoms with Gasteiger partial charge in [-0.3, -0.25) is 4.79 Å². The van der Waals surface area contributed by atoms with Gasteiger partial charge in [0.25, 0.3) is 0 Å². The van der Waals surface area contributed by atoms with E-state index in [1.165, 1.54) is 12.8 Å². The van der Waals surface area contributed by atoms with E-state index in [2.05, 4.69) is 5.32 Å². The van der Waals surface area contributed by atoms with Gasteiger partial charge in [0.2, 0.25) is 5.91 Å². The van der Waals surface area contributed by atoms with Crippen molar-refractivity contribution in [3.8, 4) is 0 Å². The number of nitrogens with zero attached hydrogens (tertiary/aromatic N) is 1. The maximum Gasteiger partial charge on any atom is 0.226 e. The Hall–Kier alpha value is -0.830. The van der Waals surface area contributed by atoms with E-state index in [1.54, 1.807) is 0 Å². The topological polar surface area (TPSA) is 32.3 Å². The molecule has 2 atom stereocenters. The van der Waals surface area contributed by atoms with Crippen LogP contribution in [0.15, 0.2) is 12.2 Å². The predicted octanol–water partition coefficient (Wildman–Crippen LogP) is 1.16. The number of carbonyl (C=O) groups is 1. The minimum atomic E-state index is 0.286. The van der Waals surface area contributed by atoms with Gasteiger partial charge in [-0.2, -0.15) is 0 Å². The third kappa shape index (κ3) is 2.59. The summed E-state index contributed by atoms with van der Waals surface area (Å²) in [6, 6.07) is 0.540. The highest BCUT2D eigenvalue weighted by molar-refractivity contribution is 5.77. The maximum absolute atomic E-state index is 11.9. The van der Waals surface area contributed by atoms with E-state index in [4.69, 9.17) is 0 Å². The molecule has 3 saturated heterocycles. The normalized spacial score (nSPS) is 30.9. The van der Waals surface area contributed by atoms with Crippen molar-refractivity contribution in [2.24, 2.45) is 5.92 Å². The molecule has 84 valence electrons. The molecule has 0 aromatic carbocycles. The fourth-order valence-electron chi connectivity index (χ4n) is 2.49. The van der Waals surface area contributed by atoms with E-state index in [0.29, 0.717) is 18.4 Å². The van der Waals surface area contributed by atoms with Crippen LogP contribution in [-0.2, 0) is 4.79 Å². The van der Waals surface area contributed by atoms with Gasteiger partial charge in [-0.1, -0.05) is 12.2 Å². The van der Waals surface area contributed by atoms with Crippen LogP contribution in [0, 0.1) is 5.92 Å². The standard InChI is InChI=1S/C12H20N2O/c1-2-3-4-12(15)14-8-10-5-6-11(9-14)13-7-10/h2-3,10-11,13H,4-9H2,1H3/b3-2+. The van der Waals surface area contributed by atoms with E-state index >= 15 is 0 Å². The number of allylic oxidation sites excluding steroid dienone is 1. The Morgan fingerprint density at radius 1 is 1.47 bits per heavy atom. The Balaban J connectivity index is 1.94. The maximum atomic E-state index is 11.9. The van der Waals surface area contributed by atoms with Crippen LogP contribution in [0.4, 0.5) is 0 Å². The van der Waals surface area contributed by atoms with Crippen LogP contribution < -0.4 is 5.32 Å². The SMILES string of the molecule is C/C=C/CC(=O)N1CC2CCC(C1)NC2. The Morgan fingerprint density at radius 2 is 2.33 bits per heavy atom. The van der Waals surface area contributed by atoms with Gasteiger partial charge in [-0.05, 0) is 32.2 Å². The van der Waals surface area contributed by atoms with Crippen LogP contribution in [-0.4, -0.2) is 36.5 Å². The number of fused-ring (bicyclic) bond motifs is 4. The van der Waals surface area contributed by atoms with Gasteiger partial charge in [-0.15, -0.1) is 0 Å². The van der Waals surface area contributed by atoms with Gasteiger partial charge in [0.1, 0.15) is 0 Å². The monoisotopic (exact) mass is 208 g/mol. The summed E-state index contributed by atoms with van der Waals surface area (Å²) in [7, 11) is 0. The molecule has 3 nitrogen and oxygen atoms in total. The van der Waals surface area contributed by atoms with E-state index in [9.17, 15) is 4.79 Å². The van der Waals surface area contributed by atoms with Gasteiger partial charge in [0, 0.05) is 25.6 Å². The van der Waals surface area contributed by atoms with Crippen molar-refractivity contribution < 1.29 is 4.79 Å². The lowest BCUT2D eigenvalue weighted by atomic mass is 9.97. The van der Waals surface area contributed by atoms with E-state index in [0.717, 1.165) is 19.6 Å². The summed E-state index contributed by atoms with van der Waals surface area (Å²) in [6.07, 6.45) is 6.98. The smallest absolute Gasteiger partial charge is 0.226 e. The van der Waals surface area contributed by atoms with Crippen molar-refractivity contribution >= 4 is 5.91 Å². The lowest BCUT2D eigenvalue weighted by molar-refractivity contribution is -0.130. The quantitative estimate of drug-likeness (QED) is 0.691. The summed E-state index contributed by atoms with van der Waals surface area (Å²) in [6.45, 7) is 4.92. The molecule has 3 rings (SSSR count). The molecule has 2 bridgehead atoms. The Bertz CT molecular complexity index is 240. The molecule has 1 N–H and O–H groups in total. The van der Waals surface area contributed by atoms with Crippen LogP contribution in [0.2, 0.25) is 0 Å². The number of hydrogen-bond acceptors (Lipinski definition) is 2. The fourth-order valence-corrected chi connectivity index (χ4v) is 2.49. The van der Waals surface area contributed by atoms with Crippen LogP contribution in [0.1, 0.15) is 26.2 Å². The number of amides is 1. The second-order valence-corrected chi connectivity index (χ2v) is 4.62. The summed E-state index contributed by atoms with van der Waals surface area (Å²) in [5.41, 5.74) is 0. The van der Waals surface area contributed by atoms with Crippen molar-refractivity contribution in [3.63, 3.8) is 0 Å². The van der Waals surface area contributed by atoms with Crippen molar-refractivity contribution in [2.75, 3.05) is 19.6 Å². The van der Waals surface area contributed by atoms with Crippen LogP contribution in [0.25, 0.3) is 0 Å². The lowest BCUT2D eigenvalue weighted by Gasteiger charge is -2.23. The first-order chi connectivity index (χ1) is 7.29. The first kappa shape index (κ1) is 10.7. The number of nitrogens with one attached hydrogen (secondary N) is 1. The highest BCUT2D eigenvalue weighted by Crippen LogP contribution is 2.21. The highest BCUT2D eigenvalue weighted by Gasteiger charge is 2.30. The van der Waals surface area contributed by atoms with Crippen LogP contribution in [0.5, 0.6) is 0 Å². The van der Waals surface area contributed by atoms with E-state index in [-0.39, 0.29) is 5.91 Å². The highest BCUT2D eigenvalue weighted by atomic mass is 16.2. The molecule has 15 heavy (non-hydrogen) atoms. The molecule has 3 heteroatoms. The minimum Gasteiger partial charge on any atom is -0.341 e. The second kappa shape index (κ2) is 4.79. The molecule has 0 aromatic rings. The van der Waals surface area contributed by atoms with Crippen molar-refractivity contribution in [2.45, 2.75) is 32.2 Å². The molecule has 3 heterocycles. The third-order valence-electron chi connectivity index (χ3n) is 3.42. The molecule has 3 fully saturated rings. The zero-order valence-electron chi connectivity index (χ0n) is 9.41. The van der Waals surface area contributed by atoms with Crippen LogP contribution in [0.3, 0.4) is 0 Å². The summed E-state index contributed by atoms with van der Waals surface area (Å²) < 4.78 is 0. The molecule has 3 aliphatic heterocycles. The number of carbonyl (C=O) groups excluding carboxylic acids is 1. The van der Waals surface area contributed by atoms with Gasteiger partial charge >= 0.3 is 0 Å². The van der Waals surface area contributed by atoms with Crippen LogP contribution >= 0.6 is 0 Å². The van der Waals surface area contributed by atoms with Gasteiger partial charge in [0.05, 0.1) is 0 Å². The zero-order chi connectivity index (χ0) is 10.7. The first-order valence-corrected chi connectivity index (χ1v) is 5.92. The van der Waals surface area contributed by atoms with Gasteiger partial charge in [0.15, 0.2) is 0 Å². The largest absolute Gasteiger partial charge is 0.341 e. The Labute approximate surface area is 91.5 Å². The molecule has 0 radical (unpaired) electrons. The average molecular weight is 208 g/mol. The van der Waals surface area contributed by atoms with Gasteiger partial charge in [-0.25, -0.2) is 0 Å². The van der Waals surface area contributed by atoms with Crippen molar-refractivity contribution in [1.82, 2.24) is 10.2 Å². The van der Waals surface area contributed by atoms with Crippen molar-refractivity contribution in [1.29, 1.82) is 0 Å². The lowest BCUT2D eigenvalue weighted by Crippen LogP contribution is -2.40. The molecule has 0 spiro atoms. The Kier molecular flexibility index (Phi) is 3.41. The van der Waals surface area contributed by atoms with Crippen molar-refractivity contribution in [3.05, 3.63) is 12.2 Å². The number of hydrogen-bond donors (Lipinski definition) is 1. The fraction of sp³-hybridized carbons (Fsp3) is 0.750. The summed E-state index contributed by atoms with van der Waals surface area (Å²) in [5.74, 6) is 0.965. The molecule has 0 aliphatic carbocycles. The molecular weight excluding hydrogens is 188 g/mol. The molecule has 1 amide bonds.